The summed E-state index contributed by atoms with van der Waals surface area (Å²) in [4.78, 5) is 66.7. The van der Waals surface area contributed by atoms with E-state index in [4.69, 9.17) is 4.74 Å². The largest absolute Gasteiger partial charge is 0.463 e. The number of methoxy groups -OCH3 is 1. The molecule has 11 nitrogen and oxygen atoms in total. The van der Waals surface area contributed by atoms with E-state index in [-0.39, 0.29) is 35.0 Å². The number of benzene rings is 2. The van der Waals surface area contributed by atoms with E-state index in [1.54, 1.807) is 29.2 Å². The zero-order chi connectivity index (χ0) is 28.0. The summed E-state index contributed by atoms with van der Waals surface area (Å²) >= 11 is 0. The molecule has 1 spiro atoms. The number of likely N-dealkylation sites (tertiary alicyclic amines) is 1. The maximum absolute atomic E-state index is 13.7. The number of aromatic nitrogens is 4. The fraction of sp³-hybridized carbons (Fsp3) is 0.167. The highest BCUT2D eigenvalue weighted by molar-refractivity contribution is 6.10. The number of nitrogens with zero attached hydrogens (tertiary/aromatic N) is 2. The van der Waals surface area contributed by atoms with Gasteiger partial charge in [0.05, 0.1) is 18.2 Å². The molecule has 0 radical (unpaired) electrons. The quantitative estimate of drug-likeness (QED) is 0.251. The summed E-state index contributed by atoms with van der Waals surface area (Å²) in [5.74, 6) is -1.43. The lowest BCUT2D eigenvalue weighted by atomic mass is 9.88. The Balaban J connectivity index is 1.06. The van der Waals surface area contributed by atoms with E-state index in [9.17, 15) is 19.2 Å². The molecule has 2 aromatic carbocycles. The summed E-state index contributed by atoms with van der Waals surface area (Å²) in [6.07, 6.45) is 2.23. The first-order valence-electron chi connectivity index (χ1n) is 13.1. The molecule has 202 valence electrons. The van der Waals surface area contributed by atoms with Crippen LogP contribution in [-0.2, 0) is 10.2 Å². The van der Waals surface area contributed by atoms with E-state index in [0.717, 1.165) is 28.2 Å². The molecule has 1 aliphatic heterocycles. The molecule has 2 fully saturated rings. The summed E-state index contributed by atoms with van der Waals surface area (Å²) in [7, 11) is 1.25. The van der Waals surface area contributed by atoms with Crippen molar-refractivity contribution in [2.45, 2.75) is 11.8 Å². The fourth-order valence-corrected chi connectivity index (χ4v) is 6.38. The van der Waals surface area contributed by atoms with E-state index < -0.39 is 11.4 Å². The summed E-state index contributed by atoms with van der Waals surface area (Å²) < 4.78 is 4.76. The first-order valence-corrected chi connectivity index (χ1v) is 13.1. The van der Waals surface area contributed by atoms with Crippen molar-refractivity contribution >= 4 is 51.1 Å². The number of aromatic amines is 3. The number of hydrogen-bond donors (Lipinski definition) is 4. The van der Waals surface area contributed by atoms with Gasteiger partial charge in [-0.2, -0.15) is 0 Å². The highest BCUT2D eigenvalue weighted by Crippen LogP contribution is 2.66. The molecule has 5 aromatic rings. The van der Waals surface area contributed by atoms with Gasteiger partial charge in [-0.3, -0.25) is 14.4 Å². The minimum atomic E-state index is -0.650. The van der Waals surface area contributed by atoms with Crippen LogP contribution in [0.15, 0.2) is 66.4 Å². The number of nitrogens with one attached hydrogen (secondary N) is 4. The van der Waals surface area contributed by atoms with Crippen molar-refractivity contribution in [3.05, 3.63) is 95.0 Å². The van der Waals surface area contributed by atoms with Gasteiger partial charge >= 0.3 is 5.97 Å². The van der Waals surface area contributed by atoms with Crippen LogP contribution in [0.4, 0.5) is 5.69 Å². The minimum Gasteiger partial charge on any atom is -0.463 e. The zero-order valence-electron chi connectivity index (χ0n) is 21.7. The van der Waals surface area contributed by atoms with Gasteiger partial charge in [0.1, 0.15) is 17.1 Å². The molecule has 4 N–H and O–H groups in total. The Kier molecular flexibility index (Phi) is 4.60. The van der Waals surface area contributed by atoms with Crippen LogP contribution in [0.5, 0.6) is 0 Å². The molecular weight excluding hydrogens is 524 g/mol. The third-order valence-electron chi connectivity index (χ3n) is 8.41. The number of ketones is 1. The standard InChI is InChI=1S/C30H22N6O5/c1-41-29(40)26-34-24-22(37)11-23-30(25(24)35-26)12-16(30)13-36(23)28(39)21-10-15-8-17(6-7-19(15)33-21)31-27(38)20-9-14-4-2-3-5-18(14)32-20/h2-11,16,32-33H,12-13H2,1H3,(H,31,38)(H,34,35)/t16-,30+/m1/s1. The van der Waals surface area contributed by atoms with E-state index in [1.807, 2.05) is 30.3 Å². The van der Waals surface area contributed by atoms with Gasteiger partial charge in [0, 0.05) is 45.8 Å². The lowest BCUT2D eigenvalue weighted by Gasteiger charge is -2.26. The third kappa shape index (κ3) is 3.29. The van der Waals surface area contributed by atoms with Crippen LogP contribution < -0.4 is 5.32 Å². The number of fused-ring (bicyclic) bond motifs is 3. The molecule has 2 amide bonds. The molecule has 0 bridgehead atoms. The van der Waals surface area contributed by atoms with E-state index in [2.05, 4.69) is 25.3 Å². The number of piperidine rings is 1. The normalized spacial score (nSPS) is 20.4. The highest BCUT2D eigenvalue weighted by atomic mass is 16.5. The number of carbonyl (C=O) groups is 4. The number of hydrogen-bond acceptors (Lipinski definition) is 6. The van der Waals surface area contributed by atoms with Gasteiger partial charge in [-0.15, -0.1) is 0 Å². The minimum absolute atomic E-state index is 0.0200. The van der Waals surface area contributed by atoms with Crippen LogP contribution in [0, 0.1) is 5.92 Å². The highest BCUT2D eigenvalue weighted by Gasteiger charge is 2.68. The van der Waals surface area contributed by atoms with Crippen molar-refractivity contribution < 1.29 is 23.9 Å². The van der Waals surface area contributed by atoms with Gasteiger partial charge in [-0.25, -0.2) is 9.78 Å². The molecule has 3 aliphatic rings. The number of rotatable bonds is 4. The molecule has 41 heavy (non-hydrogen) atoms. The topological polar surface area (TPSA) is 153 Å². The third-order valence-corrected chi connectivity index (χ3v) is 8.41. The summed E-state index contributed by atoms with van der Waals surface area (Å²) in [6.45, 7) is 0.450. The summed E-state index contributed by atoms with van der Waals surface area (Å²) in [5.41, 5.74) is 3.90. The number of H-pyrrole nitrogens is 3. The first kappa shape index (κ1) is 23.4. The Morgan fingerprint density at radius 1 is 1.00 bits per heavy atom. The number of imidazole rings is 1. The molecule has 8 rings (SSSR count). The maximum atomic E-state index is 13.7. The summed E-state index contributed by atoms with van der Waals surface area (Å²) in [5, 5.41) is 4.62. The van der Waals surface area contributed by atoms with Crippen molar-refractivity contribution in [1.82, 2.24) is 24.8 Å². The SMILES string of the molecule is COC(=O)c1nc2c([nH]1)[C@@]13C[C@@H]1CN(C(=O)c1cc4cc(NC(=O)c5cc6ccccc6[nH]5)ccc4[nH]1)C3=CC2=O. The molecule has 3 aromatic heterocycles. The second-order valence-corrected chi connectivity index (χ2v) is 10.7. The fourth-order valence-electron chi connectivity index (χ4n) is 6.38. The van der Waals surface area contributed by atoms with Gasteiger partial charge in [-0.05, 0) is 48.7 Å². The Hall–Kier alpha value is -5.45. The monoisotopic (exact) mass is 546 g/mol. The number of amides is 2. The number of allylic oxidation sites excluding steroid dienone is 2. The second-order valence-electron chi connectivity index (χ2n) is 10.7. The van der Waals surface area contributed by atoms with Crippen LogP contribution in [0.2, 0.25) is 0 Å². The Morgan fingerprint density at radius 3 is 2.61 bits per heavy atom. The molecule has 2 aliphatic carbocycles. The van der Waals surface area contributed by atoms with Crippen molar-refractivity contribution in [3.63, 3.8) is 0 Å². The van der Waals surface area contributed by atoms with E-state index in [1.165, 1.54) is 13.2 Å². The van der Waals surface area contributed by atoms with Gasteiger partial charge in [-0.1, -0.05) is 18.2 Å². The van der Waals surface area contributed by atoms with E-state index >= 15 is 0 Å². The maximum Gasteiger partial charge on any atom is 0.374 e. The Bertz CT molecular complexity index is 2000. The second kappa shape index (κ2) is 8.04. The predicted octanol–water partition coefficient (Wildman–Crippen LogP) is 3.91. The van der Waals surface area contributed by atoms with Gasteiger partial charge in [0.25, 0.3) is 11.8 Å². The van der Waals surface area contributed by atoms with Crippen molar-refractivity contribution in [2.75, 3.05) is 19.0 Å². The predicted molar refractivity (Wildman–Crippen MR) is 148 cm³/mol. The average molecular weight is 547 g/mol. The molecule has 4 heterocycles. The van der Waals surface area contributed by atoms with Crippen LogP contribution in [-0.4, -0.2) is 62.1 Å². The van der Waals surface area contributed by atoms with Gasteiger partial charge in [0.15, 0.2) is 0 Å². The molecule has 2 atom stereocenters. The number of carbonyl (C=O) groups excluding carboxylic acids is 4. The van der Waals surface area contributed by atoms with Gasteiger partial charge < -0.3 is 29.9 Å². The van der Waals surface area contributed by atoms with E-state index in [0.29, 0.717) is 35.0 Å². The van der Waals surface area contributed by atoms with Crippen LogP contribution >= 0.6 is 0 Å². The molecule has 0 unspecified atom stereocenters. The van der Waals surface area contributed by atoms with Crippen LogP contribution in [0.1, 0.15) is 54.2 Å². The number of anilines is 1. The molecule has 11 heteroatoms. The lowest BCUT2D eigenvalue weighted by molar-refractivity contribution is 0.0587. The number of ether oxygens (including phenoxy) is 1. The molecule has 1 saturated heterocycles. The van der Waals surface area contributed by atoms with Crippen molar-refractivity contribution in [3.8, 4) is 0 Å². The number of para-hydroxylation sites is 1. The zero-order valence-corrected chi connectivity index (χ0v) is 21.7. The first-order chi connectivity index (χ1) is 19.9. The van der Waals surface area contributed by atoms with Crippen molar-refractivity contribution in [2.24, 2.45) is 5.92 Å². The molecular formula is C30H22N6O5. The van der Waals surface area contributed by atoms with Crippen LogP contribution in [0.25, 0.3) is 21.8 Å². The Morgan fingerprint density at radius 2 is 1.78 bits per heavy atom. The smallest absolute Gasteiger partial charge is 0.374 e. The Labute approximate surface area is 231 Å². The lowest BCUT2D eigenvalue weighted by Crippen LogP contribution is -2.34. The van der Waals surface area contributed by atoms with Gasteiger partial charge in [0.2, 0.25) is 11.6 Å². The number of esters is 1. The van der Waals surface area contributed by atoms with Crippen LogP contribution in [0.3, 0.4) is 0 Å². The summed E-state index contributed by atoms with van der Waals surface area (Å²) in [6, 6.07) is 16.6. The average Bonchev–Trinajstić information content (AvgIpc) is 3.46. The van der Waals surface area contributed by atoms with Crippen molar-refractivity contribution in [1.29, 1.82) is 0 Å². The molecule has 1 saturated carbocycles.